The SMILES string of the molecule is CCOCC(=O)Nc1cc(Br)ccc1-c1nn[nH]n1. The lowest BCUT2D eigenvalue weighted by atomic mass is 10.1. The number of amides is 1. The molecule has 0 aliphatic heterocycles. The van der Waals surface area contributed by atoms with Crippen molar-refractivity contribution in [3.8, 4) is 11.4 Å². The smallest absolute Gasteiger partial charge is 0.250 e. The van der Waals surface area contributed by atoms with Crippen LogP contribution in [-0.2, 0) is 9.53 Å². The number of nitrogens with zero attached hydrogens (tertiary/aromatic N) is 3. The molecule has 1 amide bonds. The lowest BCUT2D eigenvalue weighted by molar-refractivity contribution is -0.120. The Labute approximate surface area is 117 Å². The Morgan fingerprint density at radius 2 is 2.37 bits per heavy atom. The number of aromatic amines is 1. The number of tetrazole rings is 1. The summed E-state index contributed by atoms with van der Waals surface area (Å²) in [6.45, 7) is 2.33. The zero-order valence-corrected chi connectivity index (χ0v) is 11.8. The molecule has 0 aliphatic rings. The van der Waals surface area contributed by atoms with Crippen molar-refractivity contribution >= 4 is 27.5 Å². The van der Waals surface area contributed by atoms with Crippen LogP contribution in [0.25, 0.3) is 11.4 Å². The van der Waals surface area contributed by atoms with Crippen LogP contribution in [0.5, 0.6) is 0 Å². The first-order valence-corrected chi connectivity index (χ1v) is 6.41. The molecular weight excluding hydrogens is 314 g/mol. The second-order valence-electron chi connectivity index (χ2n) is 3.61. The van der Waals surface area contributed by atoms with Crippen LogP contribution in [0, 0.1) is 0 Å². The maximum absolute atomic E-state index is 11.7. The van der Waals surface area contributed by atoms with Crippen LogP contribution in [-0.4, -0.2) is 39.7 Å². The van der Waals surface area contributed by atoms with Gasteiger partial charge in [-0.15, -0.1) is 10.2 Å². The summed E-state index contributed by atoms with van der Waals surface area (Å²) in [7, 11) is 0. The van der Waals surface area contributed by atoms with Gasteiger partial charge in [0.1, 0.15) is 6.61 Å². The Balaban J connectivity index is 2.23. The van der Waals surface area contributed by atoms with Gasteiger partial charge >= 0.3 is 0 Å². The normalized spacial score (nSPS) is 10.4. The maximum Gasteiger partial charge on any atom is 0.250 e. The topological polar surface area (TPSA) is 92.8 Å². The number of ether oxygens (including phenoxy) is 1. The Kier molecular flexibility index (Phi) is 4.58. The van der Waals surface area contributed by atoms with Crippen LogP contribution in [0.4, 0.5) is 5.69 Å². The molecule has 1 aromatic heterocycles. The number of hydrogen-bond donors (Lipinski definition) is 2. The number of halogens is 1. The molecule has 0 unspecified atom stereocenters. The standard InChI is InChI=1S/C11H12BrN5O2/c1-2-19-6-10(18)13-9-5-7(12)3-4-8(9)11-14-16-17-15-11/h3-5H,2,6H2,1H3,(H,13,18)(H,14,15,16,17). The molecule has 2 N–H and O–H groups in total. The van der Waals surface area contributed by atoms with Crippen molar-refractivity contribution in [1.29, 1.82) is 0 Å². The fourth-order valence-electron chi connectivity index (χ4n) is 1.47. The van der Waals surface area contributed by atoms with E-state index in [1.165, 1.54) is 0 Å². The van der Waals surface area contributed by atoms with E-state index in [0.717, 1.165) is 4.47 Å². The number of hydrogen-bond acceptors (Lipinski definition) is 5. The van der Waals surface area contributed by atoms with Gasteiger partial charge in [0.25, 0.3) is 0 Å². The molecule has 2 aromatic rings. The minimum Gasteiger partial charge on any atom is -0.372 e. The third-order valence-corrected chi connectivity index (χ3v) is 2.77. The van der Waals surface area contributed by atoms with Crippen LogP contribution in [0.15, 0.2) is 22.7 Å². The summed E-state index contributed by atoms with van der Waals surface area (Å²) in [6, 6.07) is 5.41. The van der Waals surface area contributed by atoms with Gasteiger partial charge in [0.05, 0.1) is 5.69 Å². The Hall–Kier alpha value is -1.80. The Morgan fingerprint density at radius 1 is 1.53 bits per heavy atom. The van der Waals surface area contributed by atoms with E-state index in [9.17, 15) is 4.79 Å². The van der Waals surface area contributed by atoms with Crippen LogP contribution in [0.3, 0.4) is 0 Å². The number of rotatable bonds is 5. The first-order chi connectivity index (χ1) is 9.20. The van der Waals surface area contributed by atoms with Crippen molar-refractivity contribution in [3.05, 3.63) is 22.7 Å². The van der Waals surface area contributed by atoms with Crippen molar-refractivity contribution in [2.75, 3.05) is 18.5 Å². The van der Waals surface area contributed by atoms with E-state index < -0.39 is 0 Å². The van der Waals surface area contributed by atoms with Gasteiger partial charge in [-0.3, -0.25) is 4.79 Å². The Morgan fingerprint density at radius 3 is 3.05 bits per heavy atom. The molecule has 100 valence electrons. The van der Waals surface area contributed by atoms with Gasteiger partial charge in [-0.1, -0.05) is 15.9 Å². The van der Waals surface area contributed by atoms with E-state index >= 15 is 0 Å². The summed E-state index contributed by atoms with van der Waals surface area (Å²) in [4.78, 5) is 11.7. The van der Waals surface area contributed by atoms with Crippen molar-refractivity contribution in [2.24, 2.45) is 0 Å². The van der Waals surface area contributed by atoms with E-state index in [2.05, 4.69) is 41.9 Å². The molecule has 0 fully saturated rings. The van der Waals surface area contributed by atoms with Gasteiger partial charge in [0.15, 0.2) is 0 Å². The average molecular weight is 326 g/mol. The molecule has 0 radical (unpaired) electrons. The van der Waals surface area contributed by atoms with Crippen LogP contribution >= 0.6 is 15.9 Å². The lowest BCUT2D eigenvalue weighted by Gasteiger charge is -2.09. The summed E-state index contributed by atoms with van der Waals surface area (Å²) in [5, 5.41) is 16.4. The van der Waals surface area contributed by atoms with E-state index in [1.54, 1.807) is 12.1 Å². The van der Waals surface area contributed by atoms with Gasteiger partial charge in [0, 0.05) is 16.6 Å². The van der Waals surface area contributed by atoms with Gasteiger partial charge in [-0.2, -0.15) is 5.21 Å². The maximum atomic E-state index is 11.7. The van der Waals surface area contributed by atoms with Crippen LogP contribution < -0.4 is 5.32 Å². The third kappa shape index (κ3) is 3.58. The second kappa shape index (κ2) is 6.39. The molecule has 8 heteroatoms. The summed E-state index contributed by atoms with van der Waals surface area (Å²) in [5.41, 5.74) is 1.28. The quantitative estimate of drug-likeness (QED) is 0.871. The fraction of sp³-hybridized carbons (Fsp3) is 0.273. The van der Waals surface area contributed by atoms with Gasteiger partial charge in [-0.25, -0.2) is 0 Å². The summed E-state index contributed by atoms with van der Waals surface area (Å²) in [6.07, 6.45) is 0. The first-order valence-electron chi connectivity index (χ1n) is 5.61. The van der Waals surface area contributed by atoms with Gasteiger partial charge in [-0.05, 0) is 30.3 Å². The number of nitrogens with one attached hydrogen (secondary N) is 2. The molecule has 0 saturated heterocycles. The molecule has 0 bridgehead atoms. The zero-order valence-electron chi connectivity index (χ0n) is 10.2. The van der Waals surface area contributed by atoms with Crippen molar-refractivity contribution in [3.63, 3.8) is 0 Å². The molecule has 0 aliphatic carbocycles. The lowest BCUT2D eigenvalue weighted by Crippen LogP contribution is -2.18. The largest absolute Gasteiger partial charge is 0.372 e. The number of H-pyrrole nitrogens is 1. The molecule has 1 heterocycles. The predicted octanol–water partition coefficient (Wildman–Crippen LogP) is 1.60. The predicted molar refractivity (Wildman–Crippen MR) is 72.4 cm³/mol. The van der Waals surface area contributed by atoms with E-state index in [1.807, 2.05) is 13.0 Å². The third-order valence-electron chi connectivity index (χ3n) is 2.28. The van der Waals surface area contributed by atoms with Gasteiger partial charge < -0.3 is 10.1 Å². The van der Waals surface area contributed by atoms with Crippen molar-refractivity contribution in [2.45, 2.75) is 6.92 Å². The van der Waals surface area contributed by atoms with E-state index in [0.29, 0.717) is 23.7 Å². The Bertz CT molecular complexity index is 558. The van der Waals surface area contributed by atoms with Crippen LogP contribution in [0.2, 0.25) is 0 Å². The number of carbonyl (C=O) groups excluding carboxylic acids is 1. The molecule has 0 spiro atoms. The van der Waals surface area contributed by atoms with E-state index in [-0.39, 0.29) is 12.5 Å². The number of aromatic nitrogens is 4. The first kappa shape index (κ1) is 13.6. The van der Waals surface area contributed by atoms with Crippen molar-refractivity contribution < 1.29 is 9.53 Å². The highest BCUT2D eigenvalue weighted by Crippen LogP contribution is 2.27. The summed E-state index contributed by atoms with van der Waals surface area (Å²) >= 11 is 3.36. The molecule has 19 heavy (non-hydrogen) atoms. The molecule has 7 nitrogen and oxygen atoms in total. The summed E-state index contributed by atoms with van der Waals surface area (Å²) < 4.78 is 5.89. The molecule has 1 aromatic carbocycles. The highest BCUT2D eigenvalue weighted by Gasteiger charge is 2.12. The number of anilines is 1. The number of carbonyl (C=O) groups is 1. The fourth-order valence-corrected chi connectivity index (χ4v) is 1.83. The number of benzene rings is 1. The zero-order chi connectivity index (χ0) is 13.7. The average Bonchev–Trinajstić information content (AvgIpc) is 2.90. The highest BCUT2D eigenvalue weighted by molar-refractivity contribution is 9.10. The van der Waals surface area contributed by atoms with E-state index in [4.69, 9.17) is 4.74 Å². The second-order valence-corrected chi connectivity index (χ2v) is 4.53. The van der Waals surface area contributed by atoms with Crippen molar-refractivity contribution in [1.82, 2.24) is 20.6 Å². The molecule has 0 atom stereocenters. The molecular formula is C11H12BrN5O2. The molecule has 0 saturated carbocycles. The van der Waals surface area contributed by atoms with Gasteiger partial charge in [0.2, 0.25) is 11.7 Å². The monoisotopic (exact) mass is 325 g/mol. The summed E-state index contributed by atoms with van der Waals surface area (Å²) in [5.74, 6) is 0.184. The minimum atomic E-state index is -0.232. The minimum absolute atomic E-state index is 0.00863. The van der Waals surface area contributed by atoms with Crippen LogP contribution in [0.1, 0.15) is 6.92 Å². The molecule has 2 rings (SSSR count). The highest BCUT2D eigenvalue weighted by atomic mass is 79.9.